The number of aromatic nitrogens is 2. The van der Waals surface area contributed by atoms with E-state index in [-0.39, 0.29) is 17.9 Å². The van der Waals surface area contributed by atoms with Gasteiger partial charge in [-0.25, -0.2) is 4.98 Å². The highest BCUT2D eigenvalue weighted by atomic mass is 16.1. The number of para-hydroxylation sites is 2. The number of amides is 1. The minimum absolute atomic E-state index is 0.0339. The summed E-state index contributed by atoms with van der Waals surface area (Å²) in [5.74, 6) is 0.678. The van der Waals surface area contributed by atoms with Crippen molar-refractivity contribution in [1.82, 2.24) is 15.3 Å². The second-order valence-corrected chi connectivity index (χ2v) is 5.74. The number of carbonyl (C=O) groups excluding carboxylic acids is 1. The van der Waals surface area contributed by atoms with Gasteiger partial charge in [-0.15, -0.1) is 0 Å². The number of benzene rings is 2. The Hall–Kier alpha value is -2.62. The quantitative estimate of drug-likeness (QED) is 0.750. The molecule has 23 heavy (non-hydrogen) atoms. The zero-order valence-corrected chi connectivity index (χ0v) is 13.4. The molecule has 0 aliphatic rings. The maximum atomic E-state index is 12.6. The lowest BCUT2D eigenvalue weighted by Gasteiger charge is -2.18. The topological polar surface area (TPSA) is 57.8 Å². The number of fused-ring (bicyclic) bond motifs is 1. The molecule has 0 spiro atoms. The molecule has 1 heterocycles. The Kier molecular flexibility index (Phi) is 4.42. The molecule has 3 rings (SSSR count). The molecule has 2 aromatic carbocycles. The third-order valence-corrected chi connectivity index (χ3v) is 4.10. The third kappa shape index (κ3) is 3.26. The van der Waals surface area contributed by atoms with Gasteiger partial charge in [-0.2, -0.15) is 0 Å². The number of carbonyl (C=O) groups is 1. The van der Waals surface area contributed by atoms with Crippen molar-refractivity contribution in [2.45, 2.75) is 32.2 Å². The van der Waals surface area contributed by atoms with E-state index >= 15 is 0 Å². The minimum atomic E-state index is -0.160. The van der Waals surface area contributed by atoms with Crippen LogP contribution < -0.4 is 5.32 Å². The summed E-state index contributed by atoms with van der Waals surface area (Å²) in [6.45, 7) is 3.98. The zero-order valence-electron chi connectivity index (χ0n) is 13.4. The van der Waals surface area contributed by atoms with Crippen molar-refractivity contribution in [2.24, 2.45) is 0 Å². The SMILES string of the molecule is CC[C@H](C(=O)N[C@@H](C)c1nc2ccccc2[nH]1)c1ccccc1. The van der Waals surface area contributed by atoms with Crippen LogP contribution in [-0.4, -0.2) is 15.9 Å². The standard InChI is InChI=1S/C19H21N3O/c1-3-15(14-9-5-4-6-10-14)19(23)20-13(2)18-21-16-11-7-8-12-17(16)22-18/h4-13,15H,3H2,1-2H3,(H,20,23)(H,21,22)/t13-,15-/m0/s1. The molecule has 4 nitrogen and oxygen atoms in total. The summed E-state index contributed by atoms with van der Waals surface area (Å²) in [6, 6.07) is 17.6. The molecule has 0 unspecified atom stereocenters. The van der Waals surface area contributed by atoms with Crippen LogP contribution in [0.4, 0.5) is 0 Å². The molecule has 0 fully saturated rings. The number of rotatable bonds is 5. The van der Waals surface area contributed by atoms with Gasteiger partial charge in [0.15, 0.2) is 0 Å². The Labute approximate surface area is 136 Å². The van der Waals surface area contributed by atoms with Gasteiger partial charge in [0, 0.05) is 0 Å². The second-order valence-electron chi connectivity index (χ2n) is 5.74. The fraction of sp³-hybridized carbons (Fsp3) is 0.263. The molecular weight excluding hydrogens is 286 g/mol. The van der Waals surface area contributed by atoms with Gasteiger partial charge >= 0.3 is 0 Å². The second kappa shape index (κ2) is 6.65. The average Bonchev–Trinajstić information content (AvgIpc) is 3.01. The van der Waals surface area contributed by atoms with Crippen molar-refractivity contribution in [3.05, 3.63) is 66.0 Å². The van der Waals surface area contributed by atoms with Gasteiger partial charge in [0.1, 0.15) is 5.82 Å². The molecule has 0 radical (unpaired) electrons. The van der Waals surface area contributed by atoms with Crippen LogP contribution in [0.2, 0.25) is 0 Å². The van der Waals surface area contributed by atoms with Gasteiger partial charge in [0.2, 0.25) is 5.91 Å². The van der Waals surface area contributed by atoms with Gasteiger partial charge in [0.05, 0.1) is 23.0 Å². The van der Waals surface area contributed by atoms with Crippen molar-refractivity contribution in [3.8, 4) is 0 Å². The van der Waals surface area contributed by atoms with Crippen molar-refractivity contribution in [3.63, 3.8) is 0 Å². The van der Waals surface area contributed by atoms with E-state index in [1.807, 2.05) is 68.4 Å². The minimum Gasteiger partial charge on any atom is -0.346 e. The van der Waals surface area contributed by atoms with Crippen LogP contribution in [0.1, 0.15) is 43.6 Å². The Morgan fingerprint density at radius 2 is 1.83 bits per heavy atom. The monoisotopic (exact) mass is 307 g/mol. The lowest BCUT2D eigenvalue weighted by atomic mass is 9.95. The summed E-state index contributed by atoms with van der Waals surface area (Å²) in [6.07, 6.45) is 0.767. The number of nitrogens with one attached hydrogen (secondary N) is 2. The lowest BCUT2D eigenvalue weighted by molar-refractivity contribution is -0.123. The van der Waals surface area contributed by atoms with Gasteiger partial charge in [-0.1, -0.05) is 49.4 Å². The average molecular weight is 307 g/mol. The van der Waals surface area contributed by atoms with Crippen LogP contribution in [-0.2, 0) is 4.79 Å². The van der Waals surface area contributed by atoms with Crippen LogP contribution in [0, 0.1) is 0 Å². The Bertz CT molecular complexity index is 761. The zero-order chi connectivity index (χ0) is 16.2. The molecule has 0 bridgehead atoms. The lowest BCUT2D eigenvalue weighted by Crippen LogP contribution is -2.32. The molecule has 3 aromatic rings. The number of aromatic amines is 1. The summed E-state index contributed by atoms with van der Waals surface area (Å²) in [7, 11) is 0. The third-order valence-electron chi connectivity index (χ3n) is 4.10. The molecule has 4 heteroatoms. The first-order valence-electron chi connectivity index (χ1n) is 7.99. The van der Waals surface area contributed by atoms with Gasteiger partial charge < -0.3 is 10.3 Å². The Morgan fingerprint density at radius 1 is 1.13 bits per heavy atom. The van der Waals surface area contributed by atoms with Crippen LogP contribution in [0.25, 0.3) is 11.0 Å². The summed E-state index contributed by atoms with van der Waals surface area (Å²) in [5, 5.41) is 3.07. The van der Waals surface area contributed by atoms with Crippen molar-refractivity contribution >= 4 is 16.9 Å². The fourth-order valence-electron chi connectivity index (χ4n) is 2.82. The summed E-state index contributed by atoms with van der Waals surface area (Å²) < 4.78 is 0. The Morgan fingerprint density at radius 3 is 2.52 bits per heavy atom. The molecule has 1 amide bonds. The predicted octanol–water partition coefficient (Wildman–Crippen LogP) is 3.93. The van der Waals surface area contributed by atoms with Crippen LogP contribution in [0.5, 0.6) is 0 Å². The molecule has 2 atom stereocenters. The van der Waals surface area contributed by atoms with Crippen LogP contribution in [0.15, 0.2) is 54.6 Å². The maximum Gasteiger partial charge on any atom is 0.228 e. The summed E-state index contributed by atoms with van der Waals surface area (Å²) in [5.41, 5.74) is 2.95. The molecular formula is C19H21N3O. The van der Waals surface area contributed by atoms with E-state index in [1.165, 1.54) is 0 Å². The first kappa shape index (κ1) is 15.3. The van der Waals surface area contributed by atoms with E-state index in [9.17, 15) is 4.79 Å². The first-order chi connectivity index (χ1) is 11.2. The van der Waals surface area contributed by atoms with E-state index in [0.717, 1.165) is 28.8 Å². The number of nitrogens with zero attached hydrogens (tertiary/aromatic N) is 1. The van der Waals surface area contributed by atoms with E-state index in [0.29, 0.717) is 0 Å². The van der Waals surface area contributed by atoms with Gasteiger partial charge in [-0.3, -0.25) is 4.79 Å². The molecule has 0 saturated heterocycles. The van der Waals surface area contributed by atoms with E-state index in [4.69, 9.17) is 0 Å². The fourth-order valence-corrected chi connectivity index (χ4v) is 2.82. The molecule has 1 aromatic heterocycles. The van der Waals surface area contributed by atoms with Crippen LogP contribution in [0.3, 0.4) is 0 Å². The van der Waals surface area contributed by atoms with Crippen LogP contribution >= 0.6 is 0 Å². The first-order valence-corrected chi connectivity index (χ1v) is 7.99. The van der Waals surface area contributed by atoms with Gasteiger partial charge in [-0.05, 0) is 31.0 Å². The van der Waals surface area contributed by atoms with Crippen molar-refractivity contribution in [2.75, 3.05) is 0 Å². The highest BCUT2D eigenvalue weighted by Crippen LogP contribution is 2.21. The van der Waals surface area contributed by atoms with E-state index in [1.54, 1.807) is 0 Å². The maximum absolute atomic E-state index is 12.6. The number of imidazole rings is 1. The Balaban J connectivity index is 1.75. The van der Waals surface area contributed by atoms with E-state index in [2.05, 4.69) is 15.3 Å². The normalized spacial score (nSPS) is 13.7. The largest absolute Gasteiger partial charge is 0.346 e. The van der Waals surface area contributed by atoms with E-state index < -0.39 is 0 Å². The molecule has 118 valence electrons. The molecule has 0 saturated carbocycles. The number of hydrogen-bond donors (Lipinski definition) is 2. The number of H-pyrrole nitrogens is 1. The summed E-state index contributed by atoms with van der Waals surface area (Å²) in [4.78, 5) is 20.4. The highest BCUT2D eigenvalue weighted by Gasteiger charge is 2.21. The molecule has 0 aliphatic heterocycles. The highest BCUT2D eigenvalue weighted by molar-refractivity contribution is 5.84. The molecule has 2 N–H and O–H groups in total. The van der Waals surface area contributed by atoms with Crippen molar-refractivity contribution < 1.29 is 4.79 Å². The van der Waals surface area contributed by atoms with Crippen molar-refractivity contribution in [1.29, 1.82) is 0 Å². The smallest absolute Gasteiger partial charge is 0.228 e. The predicted molar refractivity (Wildman–Crippen MR) is 92.1 cm³/mol. The summed E-state index contributed by atoms with van der Waals surface area (Å²) >= 11 is 0. The molecule has 0 aliphatic carbocycles. The number of hydrogen-bond acceptors (Lipinski definition) is 2. The van der Waals surface area contributed by atoms with Gasteiger partial charge in [0.25, 0.3) is 0 Å².